The number of carbonyl (C=O) groups is 1. The van der Waals surface area contributed by atoms with E-state index < -0.39 is 0 Å². The molecule has 0 amide bonds. The van der Waals surface area contributed by atoms with E-state index in [4.69, 9.17) is 4.74 Å². The van der Waals surface area contributed by atoms with E-state index in [0.29, 0.717) is 0 Å². The summed E-state index contributed by atoms with van der Waals surface area (Å²) < 4.78 is 5.32. The molecule has 2 rings (SSSR count). The number of ketones is 1. The zero-order valence-corrected chi connectivity index (χ0v) is 11.3. The predicted molar refractivity (Wildman–Crippen MR) is 74.8 cm³/mol. The van der Waals surface area contributed by atoms with Crippen molar-refractivity contribution in [2.24, 2.45) is 0 Å². The van der Waals surface area contributed by atoms with Crippen LogP contribution in [0.5, 0.6) is 0 Å². The van der Waals surface area contributed by atoms with Gasteiger partial charge in [0.05, 0.1) is 18.2 Å². The lowest BCUT2D eigenvalue weighted by Crippen LogP contribution is -2.35. The van der Waals surface area contributed by atoms with Crippen LogP contribution in [0.3, 0.4) is 0 Å². The summed E-state index contributed by atoms with van der Waals surface area (Å²) in [5.41, 5.74) is 0.734. The Morgan fingerprint density at radius 2 is 1.94 bits per heavy atom. The molecule has 1 heterocycles. The summed E-state index contributed by atoms with van der Waals surface area (Å²) in [6, 6.07) is 9.37. The molecule has 1 saturated heterocycles. The molecule has 0 aliphatic carbocycles. The van der Waals surface area contributed by atoms with Crippen LogP contribution in [0.4, 0.5) is 0 Å². The smallest absolute Gasteiger partial charge is 0.188 e. The first-order chi connectivity index (χ1) is 8.81. The summed E-state index contributed by atoms with van der Waals surface area (Å²) in [4.78, 5) is 14.3. The van der Waals surface area contributed by atoms with Gasteiger partial charge in [-0.3, -0.25) is 4.79 Å². The minimum atomic E-state index is 0.0615. The van der Waals surface area contributed by atoms with Crippen molar-refractivity contribution in [2.45, 2.75) is 0 Å². The molecule has 0 saturated carbocycles. The molecule has 0 atom stereocenters. The summed E-state index contributed by atoms with van der Waals surface area (Å²) in [7, 11) is 0. The fraction of sp³-hybridized carbons (Fsp3) is 0.357. The number of carbonyl (C=O) groups excluding carboxylic acids is 1. The Kier molecular flexibility index (Phi) is 4.84. The average molecular weight is 263 g/mol. The Bertz CT molecular complexity index is 425. The summed E-state index contributed by atoms with van der Waals surface area (Å²) >= 11 is 1.61. The van der Waals surface area contributed by atoms with E-state index in [1.54, 1.807) is 17.8 Å². The first kappa shape index (κ1) is 13.2. The standard InChI is InChI=1S/C14H17NO2S/c1-18-14(15-7-9-17-10-8-15)11-13(16)12-5-3-2-4-6-12/h2-6,11H,7-10H2,1H3/b14-11-. The Balaban J connectivity index is 2.11. The number of benzene rings is 1. The molecule has 4 heteroatoms. The van der Waals surface area contributed by atoms with Crippen LogP contribution in [0, 0.1) is 0 Å². The highest BCUT2D eigenvalue weighted by atomic mass is 32.2. The zero-order chi connectivity index (χ0) is 12.8. The molecular weight excluding hydrogens is 246 g/mol. The van der Waals surface area contributed by atoms with Crippen LogP contribution >= 0.6 is 11.8 Å². The monoisotopic (exact) mass is 263 g/mol. The van der Waals surface area contributed by atoms with Crippen LogP contribution in [0.15, 0.2) is 41.4 Å². The third-order valence-electron chi connectivity index (χ3n) is 2.84. The quantitative estimate of drug-likeness (QED) is 0.616. The zero-order valence-electron chi connectivity index (χ0n) is 10.5. The van der Waals surface area contributed by atoms with Gasteiger partial charge in [0.25, 0.3) is 0 Å². The predicted octanol–water partition coefficient (Wildman–Crippen LogP) is 2.41. The first-order valence-corrected chi connectivity index (χ1v) is 7.21. The number of thioether (sulfide) groups is 1. The molecule has 0 radical (unpaired) electrons. The summed E-state index contributed by atoms with van der Waals surface area (Å²) in [6.45, 7) is 3.18. The van der Waals surface area contributed by atoms with Gasteiger partial charge in [0, 0.05) is 24.7 Å². The Morgan fingerprint density at radius 3 is 2.56 bits per heavy atom. The topological polar surface area (TPSA) is 29.5 Å². The third-order valence-corrected chi connectivity index (χ3v) is 3.64. The van der Waals surface area contributed by atoms with Gasteiger partial charge in [0.1, 0.15) is 0 Å². The van der Waals surface area contributed by atoms with Gasteiger partial charge >= 0.3 is 0 Å². The lowest BCUT2D eigenvalue weighted by Gasteiger charge is -2.29. The van der Waals surface area contributed by atoms with Gasteiger partial charge in [-0.25, -0.2) is 0 Å². The fourth-order valence-corrected chi connectivity index (χ4v) is 2.53. The second-order valence-corrected chi connectivity index (χ2v) is 4.84. The van der Waals surface area contributed by atoms with Gasteiger partial charge in [0.2, 0.25) is 0 Å². The van der Waals surface area contributed by atoms with Crippen molar-refractivity contribution in [3.8, 4) is 0 Å². The molecule has 1 aromatic carbocycles. The van der Waals surface area contributed by atoms with Crippen molar-refractivity contribution < 1.29 is 9.53 Å². The maximum Gasteiger partial charge on any atom is 0.188 e. The molecule has 18 heavy (non-hydrogen) atoms. The Morgan fingerprint density at radius 1 is 1.28 bits per heavy atom. The molecular formula is C14H17NO2S. The van der Waals surface area contributed by atoms with Crippen molar-refractivity contribution >= 4 is 17.5 Å². The second-order valence-electron chi connectivity index (χ2n) is 4.02. The minimum absolute atomic E-state index is 0.0615. The van der Waals surface area contributed by atoms with E-state index in [1.165, 1.54) is 0 Å². The molecule has 1 aromatic rings. The minimum Gasteiger partial charge on any atom is -0.378 e. The van der Waals surface area contributed by atoms with E-state index in [9.17, 15) is 4.79 Å². The lowest BCUT2D eigenvalue weighted by atomic mass is 10.1. The number of morpholine rings is 1. The van der Waals surface area contributed by atoms with E-state index in [2.05, 4.69) is 4.90 Å². The van der Waals surface area contributed by atoms with Crippen molar-refractivity contribution in [2.75, 3.05) is 32.6 Å². The lowest BCUT2D eigenvalue weighted by molar-refractivity contribution is 0.0574. The maximum absolute atomic E-state index is 12.1. The van der Waals surface area contributed by atoms with Crippen molar-refractivity contribution in [1.29, 1.82) is 0 Å². The summed E-state index contributed by atoms with van der Waals surface area (Å²) in [5, 5.41) is 1.02. The number of nitrogens with zero attached hydrogens (tertiary/aromatic N) is 1. The Hall–Kier alpha value is -1.26. The SMILES string of the molecule is CS/C(=C\C(=O)c1ccccc1)N1CCOCC1. The Labute approximate surface area is 112 Å². The number of allylic oxidation sites excluding steroid dienone is 1. The highest BCUT2D eigenvalue weighted by Crippen LogP contribution is 2.19. The van der Waals surface area contributed by atoms with Gasteiger partial charge in [-0.2, -0.15) is 0 Å². The normalized spacial score (nSPS) is 16.7. The first-order valence-electron chi connectivity index (χ1n) is 5.99. The van der Waals surface area contributed by atoms with Crippen LogP contribution in [-0.2, 0) is 4.74 Å². The molecule has 3 nitrogen and oxygen atoms in total. The van der Waals surface area contributed by atoms with Crippen LogP contribution in [0.1, 0.15) is 10.4 Å². The number of hydrogen-bond acceptors (Lipinski definition) is 4. The highest BCUT2D eigenvalue weighted by molar-refractivity contribution is 8.02. The fourth-order valence-electron chi connectivity index (χ4n) is 1.86. The molecule has 0 N–H and O–H groups in total. The van der Waals surface area contributed by atoms with Crippen LogP contribution in [0.25, 0.3) is 0 Å². The molecule has 0 spiro atoms. The highest BCUT2D eigenvalue weighted by Gasteiger charge is 2.14. The molecule has 0 unspecified atom stereocenters. The van der Waals surface area contributed by atoms with Gasteiger partial charge in [0.15, 0.2) is 5.78 Å². The number of rotatable bonds is 4. The summed E-state index contributed by atoms with van der Waals surface area (Å²) in [6.07, 6.45) is 3.73. The van der Waals surface area contributed by atoms with Crippen molar-refractivity contribution in [3.05, 3.63) is 47.0 Å². The van der Waals surface area contributed by atoms with Crippen LogP contribution in [0.2, 0.25) is 0 Å². The molecule has 0 bridgehead atoms. The number of hydrogen-bond donors (Lipinski definition) is 0. The molecule has 1 aliphatic heterocycles. The maximum atomic E-state index is 12.1. The third kappa shape index (κ3) is 3.37. The van der Waals surface area contributed by atoms with Gasteiger partial charge < -0.3 is 9.64 Å². The van der Waals surface area contributed by atoms with E-state index in [1.807, 2.05) is 36.6 Å². The van der Waals surface area contributed by atoms with Gasteiger partial charge in [-0.15, -0.1) is 11.8 Å². The van der Waals surface area contributed by atoms with Crippen LogP contribution in [-0.4, -0.2) is 43.2 Å². The molecule has 1 aliphatic rings. The number of ether oxygens (including phenoxy) is 1. The largest absolute Gasteiger partial charge is 0.378 e. The molecule has 1 fully saturated rings. The van der Waals surface area contributed by atoms with Crippen molar-refractivity contribution in [3.63, 3.8) is 0 Å². The van der Waals surface area contributed by atoms with Gasteiger partial charge in [-0.05, 0) is 6.26 Å². The van der Waals surface area contributed by atoms with E-state index in [-0.39, 0.29) is 5.78 Å². The average Bonchev–Trinajstić information content (AvgIpc) is 2.46. The van der Waals surface area contributed by atoms with Gasteiger partial charge in [-0.1, -0.05) is 30.3 Å². The van der Waals surface area contributed by atoms with E-state index in [0.717, 1.165) is 36.9 Å². The molecule has 0 aromatic heterocycles. The van der Waals surface area contributed by atoms with Crippen LogP contribution < -0.4 is 0 Å². The van der Waals surface area contributed by atoms with E-state index >= 15 is 0 Å². The summed E-state index contributed by atoms with van der Waals surface area (Å²) in [5.74, 6) is 0.0615. The molecule has 96 valence electrons. The second kappa shape index (κ2) is 6.61. The van der Waals surface area contributed by atoms with Crippen molar-refractivity contribution in [1.82, 2.24) is 4.90 Å².